The molecule has 88 valence electrons. The van der Waals surface area contributed by atoms with Crippen LogP contribution in [0.3, 0.4) is 0 Å². The van der Waals surface area contributed by atoms with Crippen LogP contribution in [0.25, 0.3) is 0 Å². The summed E-state index contributed by atoms with van der Waals surface area (Å²) in [5.41, 5.74) is 0.601. The van der Waals surface area contributed by atoms with E-state index in [1.165, 1.54) is 29.2 Å². The van der Waals surface area contributed by atoms with Crippen molar-refractivity contribution in [2.75, 3.05) is 11.9 Å². The van der Waals surface area contributed by atoms with Crippen LogP contribution >= 0.6 is 15.9 Å². The predicted octanol–water partition coefficient (Wildman–Crippen LogP) is 3.46. The molecule has 1 aromatic heterocycles. The van der Waals surface area contributed by atoms with Crippen molar-refractivity contribution in [3.8, 4) is 0 Å². The van der Waals surface area contributed by atoms with Crippen LogP contribution in [-0.4, -0.2) is 13.0 Å². The summed E-state index contributed by atoms with van der Waals surface area (Å²) in [5, 5.41) is 0. The predicted molar refractivity (Wildman–Crippen MR) is 65.5 cm³/mol. The van der Waals surface area contributed by atoms with Crippen molar-refractivity contribution in [2.24, 2.45) is 0 Å². The molecule has 0 saturated carbocycles. The minimum atomic E-state index is -0.338. The first-order chi connectivity index (χ1) is 8.08. The maximum atomic E-state index is 12.7. The van der Waals surface area contributed by atoms with E-state index < -0.39 is 0 Å². The fraction of sp³-hybridized carbons (Fsp3) is 0.0833. The molecule has 0 fully saturated rings. The van der Waals surface area contributed by atoms with Gasteiger partial charge in [-0.2, -0.15) is 0 Å². The number of carbonyl (C=O) groups excluding carboxylic acids is 1. The zero-order valence-electron chi connectivity index (χ0n) is 8.98. The third-order valence-electron chi connectivity index (χ3n) is 2.30. The number of rotatable bonds is 2. The molecule has 3 nitrogen and oxygen atoms in total. The Bertz CT molecular complexity index is 536. The highest BCUT2D eigenvalue weighted by atomic mass is 79.9. The van der Waals surface area contributed by atoms with Crippen molar-refractivity contribution in [1.82, 2.24) is 0 Å². The van der Waals surface area contributed by atoms with E-state index in [0.717, 1.165) is 0 Å². The number of amides is 1. The topological polar surface area (TPSA) is 33.5 Å². The van der Waals surface area contributed by atoms with E-state index in [0.29, 0.717) is 10.4 Å². The van der Waals surface area contributed by atoms with Crippen molar-refractivity contribution in [3.05, 3.63) is 52.6 Å². The van der Waals surface area contributed by atoms with Crippen LogP contribution in [0.1, 0.15) is 10.6 Å². The Kier molecular flexibility index (Phi) is 3.28. The lowest BCUT2D eigenvalue weighted by molar-refractivity contribution is 0.0965. The number of furan rings is 1. The molecule has 5 heteroatoms. The zero-order valence-corrected chi connectivity index (χ0v) is 10.6. The van der Waals surface area contributed by atoms with E-state index in [9.17, 15) is 9.18 Å². The van der Waals surface area contributed by atoms with Gasteiger partial charge in [0.1, 0.15) is 5.82 Å². The van der Waals surface area contributed by atoms with Crippen molar-refractivity contribution >= 4 is 27.5 Å². The lowest BCUT2D eigenvalue weighted by Gasteiger charge is -2.15. The van der Waals surface area contributed by atoms with E-state index >= 15 is 0 Å². The molecule has 0 bridgehead atoms. The van der Waals surface area contributed by atoms with E-state index in [1.807, 2.05) is 0 Å². The van der Waals surface area contributed by atoms with Crippen molar-refractivity contribution < 1.29 is 13.6 Å². The minimum absolute atomic E-state index is 0.226. The molecule has 1 heterocycles. The van der Waals surface area contributed by atoms with Gasteiger partial charge in [0.2, 0.25) is 0 Å². The second-order valence-electron chi connectivity index (χ2n) is 3.44. The first-order valence-electron chi connectivity index (χ1n) is 4.87. The lowest BCUT2D eigenvalue weighted by atomic mass is 10.2. The summed E-state index contributed by atoms with van der Waals surface area (Å²) < 4.78 is 18.4. The van der Waals surface area contributed by atoms with Crippen molar-refractivity contribution in [3.63, 3.8) is 0 Å². The molecule has 1 amide bonds. The molecule has 1 aromatic carbocycles. The number of benzene rings is 1. The summed E-state index contributed by atoms with van der Waals surface area (Å²) in [6.07, 6.45) is 0. The number of halogens is 2. The Morgan fingerprint density at radius 3 is 2.41 bits per heavy atom. The summed E-state index contributed by atoms with van der Waals surface area (Å²) >= 11 is 3.13. The number of hydrogen-bond acceptors (Lipinski definition) is 2. The molecule has 0 aliphatic heterocycles. The summed E-state index contributed by atoms with van der Waals surface area (Å²) in [6.45, 7) is 0. The molecule has 0 N–H and O–H groups in total. The monoisotopic (exact) mass is 297 g/mol. The lowest BCUT2D eigenvalue weighted by Crippen LogP contribution is -2.25. The highest BCUT2D eigenvalue weighted by molar-refractivity contribution is 9.10. The standard InChI is InChI=1S/C12H9BrFNO2/c1-15(9-4-2-8(14)3-5-9)12(16)10-6-7-11(13)17-10/h2-7H,1H3. The second kappa shape index (κ2) is 4.71. The van der Waals surface area contributed by atoms with Gasteiger partial charge in [-0.1, -0.05) is 0 Å². The van der Waals surface area contributed by atoms with Gasteiger partial charge in [-0.05, 0) is 52.3 Å². The van der Waals surface area contributed by atoms with Gasteiger partial charge < -0.3 is 9.32 Å². The number of anilines is 1. The Morgan fingerprint density at radius 2 is 1.88 bits per heavy atom. The van der Waals surface area contributed by atoms with E-state index in [2.05, 4.69) is 15.9 Å². The largest absolute Gasteiger partial charge is 0.444 e. The normalized spacial score (nSPS) is 10.3. The fourth-order valence-corrected chi connectivity index (χ4v) is 1.68. The number of carbonyl (C=O) groups is 1. The van der Waals surface area contributed by atoms with Crippen LogP contribution in [0.5, 0.6) is 0 Å². The van der Waals surface area contributed by atoms with Crippen molar-refractivity contribution in [2.45, 2.75) is 0 Å². The SMILES string of the molecule is CN(C(=O)c1ccc(Br)o1)c1ccc(F)cc1. The maximum absolute atomic E-state index is 12.7. The van der Waals surface area contributed by atoms with Gasteiger partial charge in [-0.3, -0.25) is 4.79 Å². The molecule has 0 aliphatic rings. The first-order valence-corrected chi connectivity index (χ1v) is 5.66. The van der Waals surface area contributed by atoms with Gasteiger partial charge >= 0.3 is 0 Å². The molecule has 0 saturated heterocycles. The molecule has 0 aliphatic carbocycles. The maximum Gasteiger partial charge on any atom is 0.293 e. The molecular formula is C12H9BrFNO2. The Morgan fingerprint density at radius 1 is 1.24 bits per heavy atom. The second-order valence-corrected chi connectivity index (χ2v) is 4.23. The molecule has 0 spiro atoms. The molecular weight excluding hydrogens is 289 g/mol. The summed E-state index contributed by atoms with van der Waals surface area (Å²) in [6, 6.07) is 8.89. The van der Waals surface area contributed by atoms with Gasteiger partial charge in [0.15, 0.2) is 10.4 Å². The average Bonchev–Trinajstić information content (AvgIpc) is 2.75. The third-order valence-corrected chi connectivity index (χ3v) is 2.73. The molecule has 0 unspecified atom stereocenters. The summed E-state index contributed by atoms with van der Waals surface area (Å²) in [5.74, 6) is -0.402. The van der Waals surface area contributed by atoms with Crippen LogP contribution in [0.4, 0.5) is 10.1 Å². The van der Waals surface area contributed by atoms with Crippen LogP contribution in [0.2, 0.25) is 0 Å². The van der Waals surface area contributed by atoms with Crippen molar-refractivity contribution in [1.29, 1.82) is 0 Å². The zero-order chi connectivity index (χ0) is 12.4. The minimum Gasteiger partial charge on any atom is -0.444 e. The third kappa shape index (κ3) is 2.55. The van der Waals surface area contributed by atoms with Crippen LogP contribution < -0.4 is 4.90 Å². The van der Waals surface area contributed by atoms with Gasteiger partial charge in [-0.25, -0.2) is 4.39 Å². The molecule has 17 heavy (non-hydrogen) atoms. The summed E-state index contributed by atoms with van der Waals surface area (Å²) in [4.78, 5) is 13.4. The molecule has 2 aromatic rings. The van der Waals surface area contributed by atoms with Gasteiger partial charge in [-0.15, -0.1) is 0 Å². The van der Waals surface area contributed by atoms with Crippen LogP contribution in [0, 0.1) is 5.82 Å². The Balaban J connectivity index is 2.23. The number of hydrogen-bond donors (Lipinski definition) is 0. The van der Waals surface area contributed by atoms with E-state index in [1.54, 1.807) is 19.2 Å². The smallest absolute Gasteiger partial charge is 0.293 e. The van der Waals surface area contributed by atoms with E-state index in [-0.39, 0.29) is 17.5 Å². The van der Waals surface area contributed by atoms with Gasteiger partial charge in [0, 0.05) is 12.7 Å². The van der Waals surface area contributed by atoms with Gasteiger partial charge in [0.05, 0.1) is 0 Å². The molecule has 0 radical (unpaired) electrons. The average molecular weight is 298 g/mol. The first kappa shape index (κ1) is 11.9. The highest BCUT2D eigenvalue weighted by Gasteiger charge is 2.16. The van der Waals surface area contributed by atoms with Crippen LogP contribution in [0.15, 0.2) is 45.5 Å². The molecule has 2 rings (SSSR count). The number of nitrogens with zero attached hydrogens (tertiary/aromatic N) is 1. The Hall–Kier alpha value is -1.62. The summed E-state index contributed by atoms with van der Waals surface area (Å²) in [7, 11) is 1.60. The quantitative estimate of drug-likeness (QED) is 0.850. The highest BCUT2D eigenvalue weighted by Crippen LogP contribution is 2.19. The Labute approximate surface area is 106 Å². The van der Waals surface area contributed by atoms with Gasteiger partial charge in [0.25, 0.3) is 5.91 Å². The van der Waals surface area contributed by atoms with E-state index in [4.69, 9.17) is 4.42 Å². The molecule has 0 atom stereocenters. The van der Waals surface area contributed by atoms with Crippen LogP contribution in [-0.2, 0) is 0 Å². The fourth-order valence-electron chi connectivity index (χ4n) is 1.38.